The number of aromatic nitrogens is 2. The van der Waals surface area contributed by atoms with Gasteiger partial charge in [0.2, 0.25) is 0 Å². The molecule has 3 heterocycles. The van der Waals surface area contributed by atoms with Crippen LogP contribution in [-0.4, -0.2) is 21.4 Å². The van der Waals surface area contributed by atoms with Gasteiger partial charge in [0.1, 0.15) is 11.4 Å². The van der Waals surface area contributed by atoms with Crippen LogP contribution in [0.15, 0.2) is 144 Å². The highest BCUT2D eigenvalue weighted by atomic mass is 14.9. The first-order valence-electron chi connectivity index (χ1n) is 14.3. The minimum atomic E-state index is -0.0659. The number of benzene rings is 4. The van der Waals surface area contributed by atoms with E-state index >= 15 is 0 Å². The molecule has 0 amide bonds. The van der Waals surface area contributed by atoms with Gasteiger partial charge >= 0.3 is 0 Å². The third-order valence-corrected chi connectivity index (χ3v) is 8.75. The molecule has 0 atom stereocenters. The van der Waals surface area contributed by atoms with Gasteiger partial charge in [-0.1, -0.05) is 97.1 Å². The summed E-state index contributed by atoms with van der Waals surface area (Å²) in [6.45, 7) is 0. The number of hydrogen-bond donors (Lipinski definition) is 0. The van der Waals surface area contributed by atoms with E-state index in [1.54, 1.807) is 0 Å². The number of pyridine rings is 2. The van der Waals surface area contributed by atoms with Crippen molar-refractivity contribution in [1.29, 1.82) is 0 Å². The molecule has 0 unspecified atom stereocenters. The number of hydrogen-bond acceptors (Lipinski definition) is 4. The molecule has 4 aromatic carbocycles. The maximum atomic E-state index is 5.46. The molecule has 3 aliphatic rings. The van der Waals surface area contributed by atoms with Gasteiger partial charge in [0.05, 0.1) is 34.6 Å². The number of rotatable bonds is 2. The van der Waals surface area contributed by atoms with Crippen LogP contribution in [0.25, 0.3) is 22.3 Å². The lowest BCUT2D eigenvalue weighted by atomic mass is 9.87. The third-order valence-electron chi connectivity index (χ3n) is 8.75. The summed E-state index contributed by atoms with van der Waals surface area (Å²) < 4.78 is 0. The van der Waals surface area contributed by atoms with Crippen molar-refractivity contribution in [3.63, 3.8) is 0 Å². The Labute approximate surface area is 243 Å². The van der Waals surface area contributed by atoms with Gasteiger partial charge < -0.3 is 0 Å². The van der Waals surface area contributed by atoms with Crippen LogP contribution in [0, 0.1) is 0 Å². The van der Waals surface area contributed by atoms with Gasteiger partial charge in [0.15, 0.2) is 0 Å². The van der Waals surface area contributed by atoms with Crippen molar-refractivity contribution >= 4 is 22.8 Å². The highest BCUT2D eigenvalue weighted by Crippen LogP contribution is 2.50. The van der Waals surface area contributed by atoms with Crippen LogP contribution in [0.2, 0.25) is 0 Å². The summed E-state index contributed by atoms with van der Waals surface area (Å²) in [5, 5.41) is 0. The standard InChI is InChI=1S/C38H24N4/c1-5-15-27-23(11-1)24-12-2-6-16-28(24)33(27)37-35-31(19-9-21-39-35)42-38(36-32(41-37)20-10-22-40-36)34-29-17-7-3-13-25(29)26-14-4-8-18-30(26)34/h1-22,33-34H/b37-35?,38-36?,41-32?,41-37-,42-31?,42-38-. The molecule has 4 nitrogen and oxygen atoms in total. The van der Waals surface area contributed by atoms with Crippen LogP contribution in [0.1, 0.15) is 45.5 Å². The van der Waals surface area contributed by atoms with Crippen LogP contribution in [0.5, 0.6) is 0 Å². The molecule has 2 aromatic heterocycles. The molecule has 6 aromatic rings. The first-order chi connectivity index (χ1) is 20.9. The molecule has 2 aliphatic carbocycles. The maximum Gasteiger partial charge on any atom is 0.111 e. The van der Waals surface area contributed by atoms with Crippen molar-refractivity contribution in [1.82, 2.24) is 9.97 Å². The predicted octanol–water partition coefficient (Wildman–Crippen LogP) is 8.66. The molecule has 0 saturated heterocycles. The Hall–Kier alpha value is -5.48. The molecule has 4 heteroatoms. The van der Waals surface area contributed by atoms with Crippen molar-refractivity contribution in [2.45, 2.75) is 11.8 Å². The second-order valence-electron chi connectivity index (χ2n) is 11.0. The lowest BCUT2D eigenvalue weighted by Crippen LogP contribution is -2.20. The Morgan fingerprint density at radius 1 is 0.357 bits per heavy atom. The van der Waals surface area contributed by atoms with Crippen molar-refractivity contribution in [2.24, 2.45) is 9.98 Å². The summed E-state index contributed by atoms with van der Waals surface area (Å²) in [7, 11) is 0. The maximum absolute atomic E-state index is 5.46. The molecule has 0 bridgehead atoms. The van der Waals surface area contributed by atoms with Crippen LogP contribution in [-0.2, 0) is 0 Å². The average molecular weight is 537 g/mol. The summed E-state index contributed by atoms with van der Waals surface area (Å²) in [5.41, 5.74) is 15.0. The summed E-state index contributed by atoms with van der Waals surface area (Å²) >= 11 is 0. The molecule has 0 N–H and O–H groups in total. The largest absolute Gasteiger partial charge is 0.253 e. The molecule has 196 valence electrons. The summed E-state index contributed by atoms with van der Waals surface area (Å²) in [6, 6.07) is 42.6. The Balaban J connectivity index is 1.32. The van der Waals surface area contributed by atoms with E-state index in [2.05, 4.69) is 109 Å². The second kappa shape index (κ2) is 9.02. The number of aliphatic imine (C=N–C) groups is 2. The van der Waals surface area contributed by atoms with Gasteiger partial charge in [-0.3, -0.25) is 9.97 Å². The third kappa shape index (κ3) is 3.29. The normalized spacial score (nSPS) is 17.2. The van der Waals surface area contributed by atoms with Gasteiger partial charge in [-0.05, 0) is 68.8 Å². The zero-order chi connectivity index (χ0) is 27.6. The molecule has 0 spiro atoms. The minimum Gasteiger partial charge on any atom is -0.253 e. The first-order valence-corrected chi connectivity index (χ1v) is 14.3. The van der Waals surface area contributed by atoms with E-state index < -0.39 is 0 Å². The summed E-state index contributed by atoms with van der Waals surface area (Å²) in [6.07, 6.45) is 3.70. The molecule has 0 radical (unpaired) electrons. The smallest absolute Gasteiger partial charge is 0.111 e. The van der Waals surface area contributed by atoms with E-state index in [1.807, 2.05) is 24.5 Å². The summed E-state index contributed by atoms with van der Waals surface area (Å²) in [4.78, 5) is 20.8. The molecule has 1 aliphatic heterocycles. The molecule has 0 fully saturated rings. The van der Waals surface area contributed by atoms with Crippen LogP contribution in [0.4, 0.5) is 11.4 Å². The van der Waals surface area contributed by atoms with Crippen LogP contribution >= 0.6 is 0 Å². The van der Waals surface area contributed by atoms with E-state index in [1.165, 1.54) is 44.5 Å². The lowest BCUT2D eigenvalue weighted by molar-refractivity contribution is 1.07. The zero-order valence-corrected chi connectivity index (χ0v) is 22.6. The molecule has 42 heavy (non-hydrogen) atoms. The van der Waals surface area contributed by atoms with Crippen molar-refractivity contribution in [3.05, 3.63) is 167 Å². The van der Waals surface area contributed by atoms with E-state index in [0.29, 0.717) is 0 Å². The van der Waals surface area contributed by atoms with Crippen molar-refractivity contribution < 1.29 is 0 Å². The fourth-order valence-electron chi connectivity index (χ4n) is 7.04. The Bertz CT molecular complexity index is 1880. The second-order valence-corrected chi connectivity index (χ2v) is 11.0. The van der Waals surface area contributed by atoms with Gasteiger partial charge in [-0.25, -0.2) is 9.98 Å². The van der Waals surface area contributed by atoms with Crippen LogP contribution < -0.4 is 0 Å². The highest BCUT2D eigenvalue weighted by Gasteiger charge is 2.38. The van der Waals surface area contributed by atoms with E-state index in [-0.39, 0.29) is 11.8 Å². The SMILES string of the molecule is c1cnc2c(c1)/N=C(/C1c3ccccc3-c3ccccc31)c1ncccc1/N=C\2C1c2ccccc2-c2ccccc21. The quantitative estimate of drug-likeness (QED) is 0.222. The zero-order valence-electron chi connectivity index (χ0n) is 22.6. The van der Waals surface area contributed by atoms with Gasteiger partial charge in [-0.15, -0.1) is 0 Å². The topological polar surface area (TPSA) is 50.5 Å². The fourth-order valence-corrected chi connectivity index (χ4v) is 7.04. The van der Waals surface area contributed by atoms with E-state index in [4.69, 9.17) is 20.0 Å². The molecular formula is C38H24N4. The number of nitrogens with zero attached hydrogens (tertiary/aromatic N) is 4. The van der Waals surface area contributed by atoms with Crippen molar-refractivity contribution in [3.8, 4) is 22.3 Å². The van der Waals surface area contributed by atoms with Crippen molar-refractivity contribution in [2.75, 3.05) is 0 Å². The Morgan fingerprint density at radius 3 is 1.05 bits per heavy atom. The summed E-state index contributed by atoms with van der Waals surface area (Å²) in [5.74, 6) is -0.132. The minimum absolute atomic E-state index is 0.0659. The average Bonchev–Trinajstić information content (AvgIpc) is 3.55. The van der Waals surface area contributed by atoms with Gasteiger partial charge in [0.25, 0.3) is 0 Å². The van der Waals surface area contributed by atoms with Gasteiger partial charge in [0, 0.05) is 12.4 Å². The highest BCUT2D eigenvalue weighted by molar-refractivity contribution is 6.18. The Kier molecular flexibility index (Phi) is 4.99. The van der Waals surface area contributed by atoms with Gasteiger partial charge in [-0.2, -0.15) is 0 Å². The Morgan fingerprint density at radius 2 is 0.690 bits per heavy atom. The number of fused-ring (bicyclic) bond motifs is 8. The molecule has 9 rings (SSSR count). The monoisotopic (exact) mass is 536 g/mol. The lowest BCUT2D eigenvalue weighted by Gasteiger charge is -2.23. The first kappa shape index (κ1) is 23.2. The van der Waals surface area contributed by atoms with Crippen LogP contribution in [0.3, 0.4) is 0 Å². The van der Waals surface area contributed by atoms with E-state index in [9.17, 15) is 0 Å². The van der Waals surface area contributed by atoms with E-state index in [0.717, 1.165) is 34.2 Å². The molecular weight excluding hydrogens is 512 g/mol. The fraction of sp³-hybridized carbons (Fsp3) is 0.0526. The molecule has 0 saturated carbocycles. The predicted molar refractivity (Wildman–Crippen MR) is 168 cm³/mol.